The van der Waals surface area contributed by atoms with Gasteiger partial charge in [0.1, 0.15) is 10.8 Å². The van der Waals surface area contributed by atoms with Crippen molar-refractivity contribution in [2.45, 2.75) is 19.4 Å². The van der Waals surface area contributed by atoms with E-state index >= 15 is 0 Å². The fourth-order valence-corrected chi connectivity index (χ4v) is 3.23. The van der Waals surface area contributed by atoms with Crippen molar-refractivity contribution in [2.75, 3.05) is 24.2 Å². The molecule has 0 saturated carbocycles. The van der Waals surface area contributed by atoms with Gasteiger partial charge in [0, 0.05) is 31.5 Å². The average Bonchev–Trinajstić information content (AvgIpc) is 3.03. The Morgan fingerprint density at radius 3 is 2.95 bits per heavy atom. The second-order valence-electron chi connectivity index (χ2n) is 5.01. The third kappa shape index (κ3) is 2.62. The number of pyridine rings is 1. The standard InChI is InChI=1S/C14H18N4OS/c1-9-11(4-7-19-9)8-17-14-12(13(15)18-20-14)10-2-5-16-6-3-10/h2-3,5-6,9,11,17H,4,7-8H2,1H3,(H2,15,18). The van der Waals surface area contributed by atoms with Crippen molar-refractivity contribution in [3.8, 4) is 11.1 Å². The van der Waals surface area contributed by atoms with Gasteiger partial charge in [0.2, 0.25) is 0 Å². The van der Waals surface area contributed by atoms with Crippen LogP contribution in [0.4, 0.5) is 10.8 Å². The molecule has 0 radical (unpaired) electrons. The second-order valence-corrected chi connectivity index (χ2v) is 5.79. The molecular weight excluding hydrogens is 272 g/mol. The number of nitrogens with two attached hydrogens (primary N) is 1. The van der Waals surface area contributed by atoms with Gasteiger partial charge < -0.3 is 15.8 Å². The first-order chi connectivity index (χ1) is 9.75. The molecule has 106 valence electrons. The molecule has 1 aliphatic rings. The van der Waals surface area contributed by atoms with Crippen LogP contribution in [0.5, 0.6) is 0 Å². The zero-order chi connectivity index (χ0) is 13.9. The molecule has 1 fully saturated rings. The minimum atomic E-state index is 0.317. The largest absolute Gasteiger partial charge is 0.382 e. The monoisotopic (exact) mass is 290 g/mol. The summed E-state index contributed by atoms with van der Waals surface area (Å²) in [4.78, 5) is 4.04. The number of anilines is 2. The van der Waals surface area contributed by atoms with E-state index in [-0.39, 0.29) is 0 Å². The van der Waals surface area contributed by atoms with Gasteiger partial charge in [-0.05, 0) is 42.6 Å². The van der Waals surface area contributed by atoms with Crippen LogP contribution in [0.15, 0.2) is 24.5 Å². The molecule has 6 heteroatoms. The molecule has 0 aromatic carbocycles. The van der Waals surface area contributed by atoms with Crippen LogP contribution in [0, 0.1) is 5.92 Å². The van der Waals surface area contributed by atoms with E-state index in [0.717, 1.165) is 35.7 Å². The molecule has 0 spiro atoms. The van der Waals surface area contributed by atoms with Gasteiger partial charge in [-0.1, -0.05) is 0 Å². The van der Waals surface area contributed by atoms with Gasteiger partial charge >= 0.3 is 0 Å². The summed E-state index contributed by atoms with van der Waals surface area (Å²) in [6.45, 7) is 3.88. The fraction of sp³-hybridized carbons (Fsp3) is 0.429. The summed E-state index contributed by atoms with van der Waals surface area (Å²) < 4.78 is 9.85. The summed E-state index contributed by atoms with van der Waals surface area (Å²) >= 11 is 1.41. The fourth-order valence-electron chi connectivity index (χ4n) is 2.49. The molecule has 2 unspecified atom stereocenters. The molecule has 0 aliphatic carbocycles. The first-order valence-corrected chi connectivity index (χ1v) is 7.54. The van der Waals surface area contributed by atoms with Crippen molar-refractivity contribution in [2.24, 2.45) is 5.92 Å². The number of hydrogen-bond donors (Lipinski definition) is 2. The first-order valence-electron chi connectivity index (χ1n) is 6.76. The summed E-state index contributed by atoms with van der Waals surface area (Å²) in [6.07, 6.45) is 4.95. The van der Waals surface area contributed by atoms with E-state index in [4.69, 9.17) is 10.5 Å². The van der Waals surface area contributed by atoms with E-state index in [9.17, 15) is 0 Å². The van der Waals surface area contributed by atoms with Crippen molar-refractivity contribution in [3.05, 3.63) is 24.5 Å². The molecule has 20 heavy (non-hydrogen) atoms. The summed E-state index contributed by atoms with van der Waals surface area (Å²) in [5.41, 5.74) is 8.02. The van der Waals surface area contributed by atoms with Gasteiger partial charge in [-0.25, -0.2) is 0 Å². The lowest BCUT2D eigenvalue weighted by Gasteiger charge is -2.15. The highest BCUT2D eigenvalue weighted by Crippen LogP contribution is 2.36. The molecule has 2 aromatic rings. The Hall–Kier alpha value is -1.66. The number of ether oxygens (including phenoxy) is 1. The smallest absolute Gasteiger partial charge is 0.147 e. The maximum Gasteiger partial charge on any atom is 0.147 e. The number of hydrogen-bond acceptors (Lipinski definition) is 6. The molecular formula is C14H18N4OS. The highest BCUT2D eigenvalue weighted by atomic mass is 32.1. The van der Waals surface area contributed by atoms with E-state index in [2.05, 4.69) is 21.6 Å². The average molecular weight is 290 g/mol. The molecule has 3 N–H and O–H groups in total. The summed E-state index contributed by atoms with van der Waals surface area (Å²) in [6, 6.07) is 3.90. The summed E-state index contributed by atoms with van der Waals surface area (Å²) in [7, 11) is 0. The molecule has 5 nitrogen and oxygen atoms in total. The predicted molar refractivity (Wildman–Crippen MR) is 81.8 cm³/mol. The molecule has 0 bridgehead atoms. The summed E-state index contributed by atoms with van der Waals surface area (Å²) in [5.74, 6) is 1.11. The quantitative estimate of drug-likeness (QED) is 0.905. The molecule has 2 atom stereocenters. The van der Waals surface area contributed by atoms with Crippen molar-refractivity contribution >= 4 is 22.4 Å². The minimum Gasteiger partial charge on any atom is -0.382 e. The molecule has 1 aliphatic heterocycles. The Balaban J connectivity index is 1.77. The van der Waals surface area contributed by atoms with Crippen molar-refractivity contribution in [1.29, 1.82) is 0 Å². The van der Waals surface area contributed by atoms with E-state index in [1.165, 1.54) is 11.5 Å². The number of nitrogens with one attached hydrogen (secondary N) is 1. The lowest BCUT2D eigenvalue weighted by molar-refractivity contribution is 0.108. The van der Waals surface area contributed by atoms with Gasteiger partial charge in [0.05, 0.1) is 11.7 Å². The van der Waals surface area contributed by atoms with E-state index in [1.54, 1.807) is 12.4 Å². The number of nitrogen functional groups attached to an aromatic ring is 1. The molecule has 1 saturated heterocycles. The Kier molecular flexibility index (Phi) is 3.84. The van der Waals surface area contributed by atoms with Gasteiger partial charge in [-0.15, -0.1) is 0 Å². The zero-order valence-electron chi connectivity index (χ0n) is 11.4. The lowest BCUT2D eigenvalue weighted by atomic mass is 10.0. The third-order valence-electron chi connectivity index (χ3n) is 3.75. The highest BCUT2D eigenvalue weighted by Gasteiger charge is 2.24. The minimum absolute atomic E-state index is 0.317. The molecule has 0 amide bonds. The van der Waals surface area contributed by atoms with Crippen molar-refractivity contribution < 1.29 is 4.74 Å². The Morgan fingerprint density at radius 2 is 2.25 bits per heavy atom. The van der Waals surface area contributed by atoms with Crippen LogP contribution >= 0.6 is 11.5 Å². The molecule has 3 heterocycles. The van der Waals surface area contributed by atoms with E-state index in [1.807, 2.05) is 12.1 Å². The summed E-state index contributed by atoms with van der Waals surface area (Å²) in [5, 5.41) is 4.50. The van der Waals surface area contributed by atoms with Gasteiger partial charge in [-0.3, -0.25) is 4.98 Å². The first kappa shape index (κ1) is 13.3. The van der Waals surface area contributed by atoms with Crippen LogP contribution < -0.4 is 11.1 Å². The number of aromatic nitrogens is 2. The van der Waals surface area contributed by atoms with Crippen LogP contribution in [0.3, 0.4) is 0 Å². The highest BCUT2D eigenvalue weighted by molar-refractivity contribution is 7.11. The Morgan fingerprint density at radius 1 is 1.45 bits per heavy atom. The Bertz CT molecular complexity index is 572. The third-order valence-corrected chi connectivity index (χ3v) is 4.56. The van der Waals surface area contributed by atoms with E-state index in [0.29, 0.717) is 17.8 Å². The van der Waals surface area contributed by atoms with Crippen LogP contribution in [-0.4, -0.2) is 28.6 Å². The van der Waals surface area contributed by atoms with Crippen LogP contribution in [0.1, 0.15) is 13.3 Å². The topological polar surface area (TPSA) is 73.1 Å². The van der Waals surface area contributed by atoms with Gasteiger partial charge in [0.15, 0.2) is 0 Å². The van der Waals surface area contributed by atoms with Gasteiger partial charge in [-0.2, -0.15) is 4.37 Å². The van der Waals surface area contributed by atoms with Gasteiger partial charge in [0.25, 0.3) is 0 Å². The molecule has 3 rings (SSSR count). The normalized spacial score (nSPS) is 22.1. The number of nitrogens with zero attached hydrogens (tertiary/aromatic N) is 2. The number of rotatable bonds is 4. The lowest BCUT2D eigenvalue weighted by Crippen LogP contribution is -2.20. The predicted octanol–water partition coefficient (Wildman–Crippen LogP) is 2.62. The second kappa shape index (κ2) is 5.76. The Labute approximate surface area is 122 Å². The van der Waals surface area contributed by atoms with Crippen molar-refractivity contribution in [3.63, 3.8) is 0 Å². The van der Waals surface area contributed by atoms with Crippen molar-refractivity contribution in [1.82, 2.24) is 9.36 Å². The molecule has 2 aromatic heterocycles. The van der Waals surface area contributed by atoms with Crippen LogP contribution in [-0.2, 0) is 4.74 Å². The zero-order valence-corrected chi connectivity index (χ0v) is 12.2. The van der Waals surface area contributed by atoms with E-state index < -0.39 is 0 Å². The maximum atomic E-state index is 6.00. The van der Waals surface area contributed by atoms with Crippen LogP contribution in [0.25, 0.3) is 11.1 Å². The maximum absolute atomic E-state index is 6.00. The SMILES string of the molecule is CC1OCCC1CNc1snc(N)c1-c1ccncc1. The van der Waals surface area contributed by atoms with Crippen LogP contribution in [0.2, 0.25) is 0 Å².